The van der Waals surface area contributed by atoms with Crippen molar-refractivity contribution in [1.82, 2.24) is 20.2 Å². The van der Waals surface area contributed by atoms with Gasteiger partial charge in [0, 0.05) is 36.0 Å². The van der Waals surface area contributed by atoms with E-state index in [2.05, 4.69) is 36.7 Å². The third kappa shape index (κ3) is 3.40. The molecule has 0 spiro atoms. The van der Waals surface area contributed by atoms with Gasteiger partial charge in [-0.1, -0.05) is 20.8 Å². The third-order valence-electron chi connectivity index (χ3n) is 3.03. The molecule has 0 radical (unpaired) electrons. The molecule has 0 fully saturated rings. The lowest BCUT2D eigenvalue weighted by Gasteiger charge is -2.15. The van der Waals surface area contributed by atoms with Gasteiger partial charge in [-0.2, -0.15) is 5.10 Å². The van der Waals surface area contributed by atoms with Crippen LogP contribution in [0.4, 0.5) is 0 Å². The Kier molecular flexibility index (Phi) is 4.03. The molecule has 0 aliphatic carbocycles. The van der Waals surface area contributed by atoms with Gasteiger partial charge < -0.3 is 0 Å². The Balaban J connectivity index is 2.13. The van der Waals surface area contributed by atoms with E-state index in [0.29, 0.717) is 0 Å². The topological polar surface area (TPSA) is 68.8 Å². The summed E-state index contributed by atoms with van der Waals surface area (Å²) in [5.41, 5.74) is 5.15. The highest BCUT2D eigenvalue weighted by atomic mass is 32.1. The van der Waals surface area contributed by atoms with E-state index in [4.69, 9.17) is 10.8 Å². The van der Waals surface area contributed by atoms with Gasteiger partial charge in [0.05, 0.1) is 22.9 Å². The number of nitrogens with zero attached hydrogens (tertiary/aromatic N) is 3. The minimum absolute atomic E-state index is 0.0488. The maximum Gasteiger partial charge on any atom is 0.0948 e. The Morgan fingerprint density at radius 3 is 2.68 bits per heavy atom. The van der Waals surface area contributed by atoms with Gasteiger partial charge in [-0.25, -0.2) is 4.98 Å². The largest absolute Gasteiger partial charge is 0.275 e. The number of thiazole rings is 1. The van der Waals surface area contributed by atoms with Crippen molar-refractivity contribution >= 4 is 11.3 Å². The molecule has 0 aliphatic heterocycles. The van der Waals surface area contributed by atoms with Crippen molar-refractivity contribution < 1.29 is 0 Å². The quantitative estimate of drug-likeness (QED) is 0.663. The van der Waals surface area contributed by atoms with Gasteiger partial charge in [0.2, 0.25) is 0 Å². The maximum atomic E-state index is 5.64. The van der Waals surface area contributed by atoms with Crippen molar-refractivity contribution in [3.8, 4) is 0 Å². The first kappa shape index (κ1) is 14.2. The van der Waals surface area contributed by atoms with E-state index >= 15 is 0 Å². The Bertz CT molecular complexity index is 537. The van der Waals surface area contributed by atoms with E-state index < -0.39 is 0 Å². The van der Waals surface area contributed by atoms with Gasteiger partial charge >= 0.3 is 0 Å². The molecule has 2 aromatic rings. The molecule has 1 atom stereocenters. The van der Waals surface area contributed by atoms with E-state index in [1.807, 2.05) is 19.4 Å². The van der Waals surface area contributed by atoms with E-state index in [1.165, 1.54) is 0 Å². The average molecular weight is 279 g/mol. The molecule has 2 heterocycles. The van der Waals surface area contributed by atoms with Crippen LogP contribution in [-0.2, 0) is 18.9 Å². The average Bonchev–Trinajstić information content (AvgIpc) is 2.94. The van der Waals surface area contributed by atoms with E-state index in [1.54, 1.807) is 16.0 Å². The summed E-state index contributed by atoms with van der Waals surface area (Å²) < 4.78 is 1.78. The Hall–Kier alpha value is -1.24. The van der Waals surface area contributed by atoms with Crippen LogP contribution in [0.5, 0.6) is 0 Å². The highest BCUT2D eigenvalue weighted by molar-refractivity contribution is 7.09. The molecule has 0 saturated heterocycles. The van der Waals surface area contributed by atoms with Crippen LogP contribution in [0.1, 0.15) is 43.1 Å². The number of hydrazine groups is 1. The Morgan fingerprint density at radius 2 is 2.21 bits per heavy atom. The van der Waals surface area contributed by atoms with Crippen molar-refractivity contribution in [2.24, 2.45) is 12.9 Å². The van der Waals surface area contributed by atoms with Gasteiger partial charge in [0.1, 0.15) is 0 Å². The molecule has 0 amide bonds. The molecule has 0 bridgehead atoms. The Labute approximate surface area is 117 Å². The molecule has 19 heavy (non-hydrogen) atoms. The molecular formula is C13H21N5S. The van der Waals surface area contributed by atoms with Crippen LogP contribution in [0.3, 0.4) is 0 Å². The molecule has 1 unspecified atom stereocenters. The summed E-state index contributed by atoms with van der Waals surface area (Å²) in [5.74, 6) is 5.64. The zero-order valence-corrected chi connectivity index (χ0v) is 12.7. The molecular weight excluding hydrogens is 258 g/mol. The number of hydrogen-bond donors (Lipinski definition) is 2. The van der Waals surface area contributed by atoms with E-state index in [0.717, 1.165) is 22.7 Å². The van der Waals surface area contributed by atoms with Gasteiger partial charge in [-0.3, -0.25) is 16.0 Å². The van der Waals surface area contributed by atoms with Crippen molar-refractivity contribution in [2.75, 3.05) is 0 Å². The lowest BCUT2D eigenvalue weighted by Crippen LogP contribution is -2.29. The first-order valence-electron chi connectivity index (χ1n) is 6.29. The summed E-state index contributed by atoms with van der Waals surface area (Å²) in [6.07, 6.45) is 4.59. The van der Waals surface area contributed by atoms with E-state index in [-0.39, 0.29) is 11.5 Å². The number of rotatable bonds is 4. The van der Waals surface area contributed by atoms with Crippen LogP contribution in [0.25, 0.3) is 0 Å². The van der Waals surface area contributed by atoms with Gasteiger partial charge in [0.15, 0.2) is 0 Å². The second kappa shape index (κ2) is 5.40. The van der Waals surface area contributed by atoms with Crippen LogP contribution >= 0.6 is 11.3 Å². The molecule has 0 aromatic carbocycles. The minimum atomic E-state index is 0.0488. The lowest BCUT2D eigenvalue weighted by molar-refractivity contribution is 0.540. The molecule has 6 heteroatoms. The number of aromatic nitrogens is 3. The first-order chi connectivity index (χ1) is 8.90. The number of hydrogen-bond acceptors (Lipinski definition) is 5. The third-order valence-corrected chi connectivity index (χ3v) is 3.90. The van der Waals surface area contributed by atoms with Crippen LogP contribution in [-0.4, -0.2) is 14.8 Å². The summed E-state index contributed by atoms with van der Waals surface area (Å²) in [4.78, 5) is 4.70. The second-order valence-electron chi connectivity index (χ2n) is 5.75. The molecule has 2 rings (SSSR count). The van der Waals surface area contributed by atoms with Crippen LogP contribution in [0.15, 0.2) is 17.8 Å². The van der Waals surface area contributed by atoms with E-state index in [9.17, 15) is 0 Å². The summed E-state index contributed by atoms with van der Waals surface area (Å²) in [5, 5.41) is 7.40. The van der Waals surface area contributed by atoms with Crippen molar-refractivity contribution in [2.45, 2.75) is 38.6 Å². The van der Waals surface area contributed by atoms with Crippen molar-refractivity contribution in [3.63, 3.8) is 0 Å². The standard InChI is InChI=1S/C13H21N5S/c1-13(2,3)11-8-19-12(16-11)5-10(17-14)9-6-15-18(4)7-9/h6-8,10,17H,5,14H2,1-4H3. The van der Waals surface area contributed by atoms with Gasteiger partial charge in [-0.05, 0) is 0 Å². The van der Waals surface area contributed by atoms with Gasteiger partial charge in [0.25, 0.3) is 0 Å². The first-order valence-corrected chi connectivity index (χ1v) is 7.17. The molecule has 0 aliphatic rings. The zero-order valence-electron chi connectivity index (χ0n) is 11.8. The minimum Gasteiger partial charge on any atom is -0.275 e. The fourth-order valence-corrected chi connectivity index (χ4v) is 2.88. The Morgan fingerprint density at radius 1 is 1.47 bits per heavy atom. The highest BCUT2D eigenvalue weighted by Gasteiger charge is 2.19. The molecule has 3 N–H and O–H groups in total. The normalized spacial score (nSPS) is 13.7. The predicted octanol–water partition coefficient (Wildman–Crippen LogP) is 1.92. The van der Waals surface area contributed by atoms with Crippen molar-refractivity contribution in [1.29, 1.82) is 0 Å². The number of aryl methyl sites for hydroxylation is 1. The fraction of sp³-hybridized carbons (Fsp3) is 0.538. The number of nitrogens with one attached hydrogen (secondary N) is 1. The SMILES string of the molecule is Cn1cc(C(Cc2nc(C(C)(C)C)cs2)NN)cn1. The molecule has 0 saturated carbocycles. The molecule has 5 nitrogen and oxygen atoms in total. The van der Waals surface area contributed by atoms with Crippen LogP contribution in [0, 0.1) is 0 Å². The van der Waals surface area contributed by atoms with Crippen LogP contribution < -0.4 is 11.3 Å². The zero-order chi connectivity index (χ0) is 14.0. The summed E-state index contributed by atoms with van der Waals surface area (Å²) in [6.45, 7) is 6.52. The molecule has 104 valence electrons. The fourth-order valence-electron chi connectivity index (χ4n) is 1.82. The smallest absolute Gasteiger partial charge is 0.0948 e. The van der Waals surface area contributed by atoms with Gasteiger partial charge in [-0.15, -0.1) is 11.3 Å². The summed E-state index contributed by atoms with van der Waals surface area (Å²) >= 11 is 1.69. The van der Waals surface area contributed by atoms with Crippen LogP contribution in [0.2, 0.25) is 0 Å². The predicted molar refractivity (Wildman–Crippen MR) is 77.8 cm³/mol. The summed E-state index contributed by atoms with van der Waals surface area (Å²) in [7, 11) is 1.90. The molecule has 2 aromatic heterocycles. The summed E-state index contributed by atoms with van der Waals surface area (Å²) in [6, 6.07) is 0.0488. The monoisotopic (exact) mass is 279 g/mol. The second-order valence-corrected chi connectivity index (χ2v) is 6.69. The number of nitrogens with two attached hydrogens (primary N) is 1. The van der Waals surface area contributed by atoms with Crippen molar-refractivity contribution in [3.05, 3.63) is 34.0 Å². The lowest BCUT2D eigenvalue weighted by atomic mass is 9.93. The maximum absolute atomic E-state index is 5.64. The highest BCUT2D eigenvalue weighted by Crippen LogP contribution is 2.26.